The Balaban J connectivity index is 2.11. The molecule has 0 spiro atoms. The number of carbonyl (C=O) groups is 3. The third-order valence-electron chi connectivity index (χ3n) is 4.81. The van der Waals surface area contributed by atoms with Crippen molar-refractivity contribution in [3.05, 3.63) is 71.3 Å². The van der Waals surface area contributed by atoms with Gasteiger partial charge in [0.25, 0.3) is 0 Å². The Bertz CT molecular complexity index is 828. The van der Waals surface area contributed by atoms with E-state index < -0.39 is 29.9 Å². The van der Waals surface area contributed by atoms with Crippen LogP contribution in [-0.4, -0.2) is 28.9 Å². The van der Waals surface area contributed by atoms with Crippen LogP contribution in [0.2, 0.25) is 0 Å². The molecule has 3 atom stereocenters. The lowest BCUT2D eigenvalue weighted by atomic mass is 9.95. The number of aliphatic carboxylic acids is 1. The van der Waals surface area contributed by atoms with Crippen molar-refractivity contribution in [2.45, 2.75) is 45.6 Å². The van der Waals surface area contributed by atoms with E-state index in [0.29, 0.717) is 23.1 Å². The molecule has 2 rings (SSSR count). The first-order valence-electron chi connectivity index (χ1n) is 9.46. The predicted molar refractivity (Wildman–Crippen MR) is 106 cm³/mol. The molecule has 0 heterocycles. The van der Waals surface area contributed by atoms with Gasteiger partial charge in [-0.1, -0.05) is 62.4 Å². The zero-order chi connectivity index (χ0) is 20.7. The SMILES string of the molecule is CC[C@@H](C[C@H](C)C(=O)O)OC(=O)[C@H](C)c1cccc(C(=O)c2ccccc2)c1. The number of carboxylic acids is 1. The van der Waals surface area contributed by atoms with Crippen molar-refractivity contribution in [3.63, 3.8) is 0 Å². The van der Waals surface area contributed by atoms with Gasteiger partial charge in [-0.15, -0.1) is 0 Å². The molecule has 1 N–H and O–H groups in total. The Morgan fingerprint density at radius 1 is 0.964 bits per heavy atom. The topological polar surface area (TPSA) is 80.7 Å². The average Bonchev–Trinajstić information content (AvgIpc) is 2.72. The zero-order valence-electron chi connectivity index (χ0n) is 16.4. The normalized spacial score (nSPS) is 14.0. The Labute approximate surface area is 165 Å². The molecule has 0 aromatic heterocycles. The molecule has 2 aromatic rings. The van der Waals surface area contributed by atoms with E-state index in [1.807, 2.05) is 13.0 Å². The van der Waals surface area contributed by atoms with Gasteiger partial charge in [0.1, 0.15) is 6.10 Å². The first-order chi connectivity index (χ1) is 13.3. The summed E-state index contributed by atoms with van der Waals surface area (Å²) in [6.07, 6.45) is 0.370. The molecule has 0 bridgehead atoms. The fourth-order valence-corrected chi connectivity index (χ4v) is 2.90. The molecule has 0 radical (unpaired) electrons. The second-order valence-corrected chi connectivity index (χ2v) is 6.98. The molecule has 2 aromatic carbocycles. The van der Waals surface area contributed by atoms with Gasteiger partial charge in [-0.2, -0.15) is 0 Å². The quantitative estimate of drug-likeness (QED) is 0.512. The Morgan fingerprint density at radius 3 is 2.21 bits per heavy atom. The van der Waals surface area contributed by atoms with E-state index in [9.17, 15) is 14.4 Å². The highest BCUT2D eigenvalue weighted by Crippen LogP contribution is 2.22. The van der Waals surface area contributed by atoms with Crippen LogP contribution < -0.4 is 0 Å². The molecule has 0 amide bonds. The zero-order valence-corrected chi connectivity index (χ0v) is 16.4. The van der Waals surface area contributed by atoms with Crippen LogP contribution >= 0.6 is 0 Å². The monoisotopic (exact) mass is 382 g/mol. The van der Waals surface area contributed by atoms with Crippen molar-refractivity contribution in [2.75, 3.05) is 0 Å². The maximum atomic E-state index is 12.6. The molecule has 0 unspecified atom stereocenters. The highest BCUT2D eigenvalue weighted by molar-refractivity contribution is 6.09. The van der Waals surface area contributed by atoms with Gasteiger partial charge in [0, 0.05) is 11.1 Å². The standard InChI is InChI=1S/C23H26O5/c1-4-20(13-15(2)22(25)26)28-23(27)16(3)18-11-8-12-19(14-18)21(24)17-9-6-5-7-10-17/h5-12,14-16,20H,4,13H2,1-3H3,(H,25,26)/t15-,16+,20-/m0/s1. The van der Waals surface area contributed by atoms with Crippen LogP contribution in [0.1, 0.15) is 61.0 Å². The minimum Gasteiger partial charge on any atom is -0.481 e. The number of ketones is 1. The summed E-state index contributed by atoms with van der Waals surface area (Å²) >= 11 is 0. The van der Waals surface area contributed by atoms with E-state index in [2.05, 4.69) is 0 Å². The van der Waals surface area contributed by atoms with Crippen molar-refractivity contribution in [3.8, 4) is 0 Å². The number of benzene rings is 2. The molecule has 28 heavy (non-hydrogen) atoms. The first kappa shape index (κ1) is 21.4. The van der Waals surface area contributed by atoms with Crippen LogP contribution in [-0.2, 0) is 14.3 Å². The summed E-state index contributed by atoms with van der Waals surface area (Å²) in [4.78, 5) is 36.2. The number of carbonyl (C=O) groups excluding carboxylic acids is 2. The van der Waals surface area contributed by atoms with Crippen molar-refractivity contribution in [1.29, 1.82) is 0 Å². The van der Waals surface area contributed by atoms with Gasteiger partial charge in [0.05, 0.1) is 11.8 Å². The lowest BCUT2D eigenvalue weighted by Crippen LogP contribution is -2.25. The summed E-state index contributed by atoms with van der Waals surface area (Å²) in [5, 5.41) is 9.05. The lowest BCUT2D eigenvalue weighted by molar-refractivity contribution is -0.154. The molecule has 0 saturated heterocycles. The van der Waals surface area contributed by atoms with Gasteiger partial charge in [-0.3, -0.25) is 14.4 Å². The molecule has 0 fully saturated rings. The highest BCUT2D eigenvalue weighted by atomic mass is 16.5. The Hall–Kier alpha value is -2.95. The third-order valence-corrected chi connectivity index (χ3v) is 4.81. The largest absolute Gasteiger partial charge is 0.481 e. The van der Waals surface area contributed by atoms with Crippen molar-refractivity contribution in [2.24, 2.45) is 5.92 Å². The average molecular weight is 382 g/mol. The summed E-state index contributed by atoms with van der Waals surface area (Å²) in [7, 11) is 0. The van der Waals surface area contributed by atoms with Gasteiger partial charge in [0.2, 0.25) is 0 Å². The van der Waals surface area contributed by atoms with Crippen LogP contribution in [0.3, 0.4) is 0 Å². The van der Waals surface area contributed by atoms with Crippen molar-refractivity contribution >= 4 is 17.7 Å². The third kappa shape index (κ3) is 5.52. The van der Waals surface area contributed by atoms with Crippen LogP contribution in [0.4, 0.5) is 0 Å². The van der Waals surface area contributed by atoms with Crippen LogP contribution in [0.15, 0.2) is 54.6 Å². The molecule has 0 aliphatic heterocycles. The minimum atomic E-state index is -0.908. The number of rotatable bonds is 9. The number of carboxylic acid groups (broad SMARTS) is 1. The van der Waals surface area contributed by atoms with Gasteiger partial charge >= 0.3 is 11.9 Å². The summed E-state index contributed by atoms with van der Waals surface area (Å²) < 4.78 is 5.53. The molecule has 0 aliphatic rings. The molecule has 0 saturated carbocycles. The van der Waals surface area contributed by atoms with Crippen molar-refractivity contribution in [1.82, 2.24) is 0 Å². The van der Waals surface area contributed by atoms with Gasteiger partial charge in [0.15, 0.2) is 5.78 Å². The summed E-state index contributed by atoms with van der Waals surface area (Å²) in [6, 6.07) is 15.9. The van der Waals surface area contributed by atoms with Crippen LogP contribution in [0, 0.1) is 5.92 Å². The minimum absolute atomic E-state index is 0.107. The maximum absolute atomic E-state index is 12.6. The van der Waals surface area contributed by atoms with E-state index in [-0.39, 0.29) is 12.2 Å². The molecular weight excluding hydrogens is 356 g/mol. The van der Waals surface area contributed by atoms with E-state index in [0.717, 1.165) is 0 Å². The lowest BCUT2D eigenvalue weighted by Gasteiger charge is -2.21. The second kappa shape index (κ2) is 9.83. The Kier molecular flexibility index (Phi) is 7.50. The molecule has 5 heteroatoms. The molecule has 0 aliphatic carbocycles. The van der Waals surface area contributed by atoms with Crippen LogP contribution in [0.5, 0.6) is 0 Å². The van der Waals surface area contributed by atoms with E-state index in [1.165, 1.54) is 0 Å². The summed E-state index contributed by atoms with van der Waals surface area (Å²) in [5.74, 6) is -2.58. The van der Waals surface area contributed by atoms with Crippen LogP contribution in [0.25, 0.3) is 0 Å². The number of ether oxygens (including phenoxy) is 1. The molecule has 5 nitrogen and oxygen atoms in total. The van der Waals surface area contributed by atoms with E-state index in [4.69, 9.17) is 9.84 Å². The molecule has 148 valence electrons. The van der Waals surface area contributed by atoms with Crippen molar-refractivity contribution < 1.29 is 24.2 Å². The fourth-order valence-electron chi connectivity index (χ4n) is 2.90. The maximum Gasteiger partial charge on any atom is 0.313 e. The van der Waals surface area contributed by atoms with Gasteiger partial charge < -0.3 is 9.84 Å². The highest BCUT2D eigenvalue weighted by Gasteiger charge is 2.24. The smallest absolute Gasteiger partial charge is 0.313 e. The predicted octanol–water partition coefficient (Wildman–Crippen LogP) is 4.45. The van der Waals surface area contributed by atoms with E-state index >= 15 is 0 Å². The number of hydrogen-bond donors (Lipinski definition) is 1. The molecular formula is C23H26O5. The van der Waals surface area contributed by atoms with E-state index in [1.54, 1.807) is 62.4 Å². The van der Waals surface area contributed by atoms with Gasteiger partial charge in [-0.25, -0.2) is 0 Å². The summed E-state index contributed by atoms with van der Waals surface area (Å²) in [5.41, 5.74) is 1.78. The first-order valence-corrected chi connectivity index (χ1v) is 9.46. The van der Waals surface area contributed by atoms with Gasteiger partial charge in [-0.05, 0) is 31.4 Å². The summed E-state index contributed by atoms with van der Waals surface area (Å²) in [6.45, 7) is 5.18. The fraction of sp³-hybridized carbons (Fsp3) is 0.348. The second-order valence-electron chi connectivity index (χ2n) is 6.98. The number of esters is 1. The number of hydrogen-bond acceptors (Lipinski definition) is 4. The Morgan fingerprint density at radius 2 is 1.61 bits per heavy atom.